The molecule has 7 nitrogen and oxygen atoms in total. The zero-order chi connectivity index (χ0) is 26.7. The van der Waals surface area contributed by atoms with Gasteiger partial charge in [0.25, 0.3) is 0 Å². The van der Waals surface area contributed by atoms with Crippen molar-refractivity contribution in [2.24, 2.45) is 0 Å². The molecule has 0 saturated carbocycles. The Hall–Kier alpha value is -4.41. The lowest BCUT2D eigenvalue weighted by Crippen LogP contribution is -2.35. The van der Waals surface area contributed by atoms with E-state index in [0.717, 1.165) is 27.9 Å². The number of amides is 2. The topological polar surface area (TPSA) is 95.9 Å². The van der Waals surface area contributed by atoms with E-state index in [-0.39, 0.29) is 50.2 Å². The van der Waals surface area contributed by atoms with Crippen molar-refractivity contribution in [2.75, 3.05) is 11.4 Å². The minimum Gasteiger partial charge on any atom is -0.427 e. The summed E-state index contributed by atoms with van der Waals surface area (Å²) >= 11 is 0. The Labute approximate surface area is 222 Å². The van der Waals surface area contributed by atoms with Crippen LogP contribution in [-0.2, 0) is 27.5 Å². The van der Waals surface area contributed by atoms with Crippen LogP contribution >= 0.6 is 0 Å². The average molecular weight is 511 g/mol. The number of hydrogen-bond acceptors (Lipinski definition) is 5. The molecule has 2 amide bonds. The molecule has 1 aliphatic heterocycles. The number of nitrogens with one attached hydrogen (secondary N) is 1. The van der Waals surface area contributed by atoms with Crippen molar-refractivity contribution in [3.05, 3.63) is 95.1 Å². The van der Waals surface area contributed by atoms with Crippen molar-refractivity contribution in [2.45, 2.75) is 45.3 Å². The summed E-state index contributed by atoms with van der Waals surface area (Å²) in [5.74, 6) is 6.19. The van der Waals surface area contributed by atoms with E-state index in [9.17, 15) is 14.4 Å². The van der Waals surface area contributed by atoms with Gasteiger partial charge in [-0.1, -0.05) is 54.3 Å². The summed E-state index contributed by atoms with van der Waals surface area (Å²) in [6.45, 7) is 0.576. The summed E-state index contributed by atoms with van der Waals surface area (Å²) < 4.78 is 5.26. The maximum Gasteiger partial charge on any atom is 0.311 e. The fourth-order valence-electron chi connectivity index (χ4n) is 4.14. The summed E-state index contributed by atoms with van der Waals surface area (Å²) in [6.07, 6.45) is 1.68. The Bertz CT molecular complexity index is 1350. The number of esters is 1. The summed E-state index contributed by atoms with van der Waals surface area (Å²) in [7, 11) is 0. The number of carbonyl (C=O) groups is 3. The molecule has 0 aliphatic carbocycles. The largest absolute Gasteiger partial charge is 0.427 e. The van der Waals surface area contributed by atoms with Crippen LogP contribution in [0.4, 0.5) is 5.69 Å². The predicted octanol–water partition coefficient (Wildman–Crippen LogP) is 4.10. The van der Waals surface area contributed by atoms with Crippen molar-refractivity contribution in [3.8, 4) is 17.6 Å². The Morgan fingerprint density at radius 3 is 2.32 bits per heavy atom. The first-order valence-electron chi connectivity index (χ1n) is 12.7. The van der Waals surface area contributed by atoms with Crippen LogP contribution in [-0.4, -0.2) is 29.4 Å². The predicted molar refractivity (Wildman–Crippen MR) is 144 cm³/mol. The number of para-hydroxylation sites is 1. The van der Waals surface area contributed by atoms with Crippen molar-refractivity contribution in [3.63, 3.8) is 0 Å². The van der Waals surface area contributed by atoms with Crippen LogP contribution in [0.2, 0.25) is 0 Å². The number of carbonyl (C=O) groups excluding carboxylic acids is 3. The van der Waals surface area contributed by atoms with Crippen molar-refractivity contribution < 1.29 is 24.2 Å². The van der Waals surface area contributed by atoms with Crippen molar-refractivity contribution in [1.29, 1.82) is 0 Å². The highest BCUT2D eigenvalue weighted by atomic mass is 16.5. The Balaban J connectivity index is 1.21. The van der Waals surface area contributed by atoms with Gasteiger partial charge >= 0.3 is 5.97 Å². The summed E-state index contributed by atoms with van der Waals surface area (Å²) in [5.41, 5.74) is 4.18. The van der Waals surface area contributed by atoms with Gasteiger partial charge in [0, 0.05) is 36.9 Å². The van der Waals surface area contributed by atoms with Crippen LogP contribution in [0.15, 0.2) is 72.8 Å². The Morgan fingerprint density at radius 2 is 1.53 bits per heavy atom. The SMILES string of the molecule is O=C(CCCCC(=O)Oc1ccc(CO)cc1)NCCC(=O)N1Cc2ccccc2C#Cc2ccccc21. The third-order valence-corrected chi connectivity index (χ3v) is 6.21. The number of nitrogens with zero attached hydrogens (tertiary/aromatic N) is 1. The molecule has 194 valence electrons. The third kappa shape index (κ3) is 7.31. The second-order valence-electron chi connectivity index (χ2n) is 8.99. The van der Waals surface area contributed by atoms with Gasteiger partial charge in [-0.05, 0) is 54.3 Å². The van der Waals surface area contributed by atoms with E-state index < -0.39 is 0 Å². The second-order valence-corrected chi connectivity index (χ2v) is 8.99. The molecule has 3 aromatic rings. The summed E-state index contributed by atoms with van der Waals surface area (Å²) in [6, 6.07) is 22.0. The minimum atomic E-state index is -0.368. The number of hydrogen-bond donors (Lipinski definition) is 2. The van der Waals surface area contributed by atoms with Crippen LogP contribution in [0.3, 0.4) is 0 Å². The smallest absolute Gasteiger partial charge is 0.311 e. The van der Waals surface area contributed by atoms with Gasteiger partial charge in [0.15, 0.2) is 0 Å². The monoisotopic (exact) mass is 510 g/mol. The molecule has 1 heterocycles. The number of unbranched alkanes of at least 4 members (excludes halogenated alkanes) is 1. The lowest BCUT2D eigenvalue weighted by Gasteiger charge is -2.26. The molecule has 0 saturated heterocycles. The quantitative estimate of drug-likeness (QED) is 0.185. The third-order valence-electron chi connectivity index (χ3n) is 6.21. The molecule has 1 aliphatic rings. The zero-order valence-corrected chi connectivity index (χ0v) is 21.1. The van der Waals surface area contributed by atoms with E-state index in [4.69, 9.17) is 9.84 Å². The van der Waals surface area contributed by atoms with Crippen LogP contribution < -0.4 is 15.0 Å². The number of benzene rings is 3. The number of fused-ring (bicyclic) bond motifs is 2. The standard InChI is InChI=1S/C31H30N2O5/c34-22-23-13-17-27(18-14-23)38-31(37)12-6-5-11-29(35)32-20-19-30(36)33-21-26-9-2-1-7-24(26)15-16-25-8-3-4-10-28(25)33/h1-4,7-10,13-14,17-18,34H,5-6,11-12,19-22H2,(H,32,35). The van der Waals surface area contributed by atoms with E-state index >= 15 is 0 Å². The van der Waals surface area contributed by atoms with Gasteiger partial charge in [-0.15, -0.1) is 0 Å². The molecule has 7 heteroatoms. The van der Waals surface area contributed by atoms with Gasteiger partial charge < -0.3 is 20.1 Å². The molecule has 0 spiro atoms. The average Bonchev–Trinajstić information content (AvgIpc) is 2.93. The van der Waals surface area contributed by atoms with Gasteiger partial charge in [-0.3, -0.25) is 14.4 Å². The Kier molecular flexibility index (Phi) is 9.27. The highest BCUT2D eigenvalue weighted by Crippen LogP contribution is 2.25. The summed E-state index contributed by atoms with van der Waals surface area (Å²) in [4.78, 5) is 39.2. The first kappa shape index (κ1) is 26.6. The van der Waals surface area contributed by atoms with Crippen LogP contribution in [0.5, 0.6) is 5.75 Å². The Morgan fingerprint density at radius 1 is 0.842 bits per heavy atom. The van der Waals surface area contributed by atoms with Gasteiger partial charge in [-0.2, -0.15) is 0 Å². The molecule has 0 fully saturated rings. The molecule has 0 unspecified atom stereocenters. The molecule has 0 aromatic heterocycles. The maximum atomic E-state index is 13.2. The normalized spacial score (nSPS) is 11.7. The molecule has 38 heavy (non-hydrogen) atoms. The van der Waals surface area contributed by atoms with Crippen molar-refractivity contribution >= 4 is 23.5 Å². The van der Waals surface area contributed by atoms with Gasteiger partial charge in [0.05, 0.1) is 18.8 Å². The molecular weight excluding hydrogens is 480 g/mol. The number of aliphatic hydroxyl groups excluding tert-OH is 1. The van der Waals surface area contributed by atoms with E-state index in [2.05, 4.69) is 17.2 Å². The van der Waals surface area contributed by atoms with E-state index in [0.29, 0.717) is 25.1 Å². The van der Waals surface area contributed by atoms with Crippen LogP contribution in [0.1, 0.15) is 54.4 Å². The highest BCUT2D eigenvalue weighted by Gasteiger charge is 2.21. The lowest BCUT2D eigenvalue weighted by atomic mass is 10.0. The van der Waals surface area contributed by atoms with Crippen LogP contribution in [0, 0.1) is 11.8 Å². The molecule has 3 aromatic carbocycles. The number of anilines is 1. The van der Waals surface area contributed by atoms with E-state index in [1.54, 1.807) is 29.2 Å². The van der Waals surface area contributed by atoms with Crippen LogP contribution in [0.25, 0.3) is 0 Å². The number of rotatable bonds is 10. The van der Waals surface area contributed by atoms with Gasteiger partial charge in [-0.25, -0.2) is 0 Å². The molecule has 4 rings (SSSR count). The zero-order valence-electron chi connectivity index (χ0n) is 21.1. The fourth-order valence-corrected chi connectivity index (χ4v) is 4.14. The first-order valence-corrected chi connectivity index (χ1v) is 12.7. The fraction of sp³-hybridized carbons (Fsp3) is 0.258. The molecule has 0 atom stereocenters. The molecule has 0 radical (unpaired) electrons. The first-order chi connectivity index (χ1) is 18.5. The number of aliphatic hydroxyl groups is 1. The van der Waals surface area contributed by atoms with Gasteiger partial charge in [0.1, 0.15) is 5.75 Å². The van der Waals surface area contributed by atoms with Crippen molar-refractivity contribution in [1.82, 2.24) is 5.32 Å². The molecule has 0 bridgehead atoms. The van der Waals surface area contributed by atoms with E-state index in [1.807, 2.05) is 48.5 Å². The summed E-state index contributed by atoms with van der Waals surface area (Å²) in [5, 5.41) is 11.9. The lowest BCUT2D eigenvalue weighted by molar-refractivity contribution is -0.134. The minimum absolute atomic E-state index is 0.0691. The van der Waals surface area contributed by atoms with E-state index in [1.165, 1.54) is 0 Å². The number of ether oxygens (including phenoxy) is 1. The van der Waals surface area contributed by atoms with Gasteiger partial charge in [0.2, 0.25) is 11.8 Å². The molecule has 2 N–H and O–H groups in total. The second kappa shape index (κ2) is 13.2. The molecular formula is C31H30N2O5. The maximum absolute atomic E-state index is 13.2. The highest BCUT2D eigenvalue weighted by molar-refractivity contribution is 5.95.